The molecule has 2 aromatic carbocycles. The number of benzene rings is 2. The van der Waals surface area contributed by atoms with E-state index in [0.29, 0.717) is 18.9 Å². The minimum Gasteiger partial charge on any atom is -0.488 e. The lowest BCUT2D eigenvalue weighted by Crippen LogP contribution is -2.00. The van der Waals surface area contributed by atoms with E-state index in [0.717, 1.165) is 28.7 Å². The molecule has 0 aliphatic carbocycles. The van der Waals surface area contributed by atoms with Crippen molar-refractivity contribution in [2.24, 2.45) is 5.73 Å². The smallest absolute Gasteiger partial charge is 0.335 e. The average molecular weight is 295 g/mol. The molecular weight excluding hydrogens is 278 g/mol. The van der Waals surface area contributed by atoms with Crippen molar-refractivity contribution in [3.63, 3.8) is 0 Å². The van der Waals surface area contributed by atoms with Gasteiger partial charge in [-0.3, -0.25) is 0 Å². The van der Waals surface area contributed by atoms with Crippen LogP contribution in [-0.2, 0) is 6.61 Å². The molecule has 0 saturated heterocycles. The highest BCUT2D eigenvalue weighted by atomic mass is 16.5. The maximum Gasteiger partial charge on any atom is 0.335 e. The highest BCUT2D eigenvalue weighted by Crippen LogP contribution is 2.37. The molecule has 0 radical (unpaired) electrons. The summed E-state index contributed by atoms with van der Waals surface area (Å²) in [6.45, 7) is 1.01. The number of nitrogens with two attached hydrogens (primary N) is 1. The van der Waals surface area contributed by atoms with Gasteiger partial charge in [0.25, 0.3) is 0 Å². The maximum atomic E-state index is 11.3. The van der Waals surface area contributed by atoms with Gasteiger partial charge in [0, 0.05) is 5.56 Å². The molecule has 0 saturated carbocycles. The Bertz CT molecular complexity index is 750. The molecule has 0 aromatic heterocycles. The minimum absolute atomic E-state index is 0.250. The number of fused-ring (bicyclic) bond motifs is 2. The summed E-state index contributed by atoms with van der Waals surface area (Å²) in [5.41, 5.74) is 9.82. The third-order valence-electron chi connectivity index (χ3n) is 3.72. The van der Waals surface area contributed by atoms with Crippen molar-refractivity contribution in [1.82, 2.24) is 0 Å². The first-order chi connectivity index (χ1) is 10.7. The lowest BCUT2D eigenvalue weighted by atomic mass is 9.92. The van der Waals surface area contributed by atoms with E-state index in [1.54, 1.807) is 18.2 Å². The zero-order chi connectivity index (χ0) is 15.5. The van der Waals surface area contributed by atoms with Crippen molar-refractivity contribution in [1.29, 1.82) is 0 Å². The van der Waals surface area contributed by atoms with Gasteiger partial charge in [0.15, 0.2) is 0 Å². The Balaban J connectivity index is 2.21. The zero-order valence-corrected chi connectivity index (χ0v) is 12.1. The molecule has 0 fully saturated rings. The van der Waals surface area contributed by atoms with E-state index in [1.807, 2.05) is 24.3 Å². The van der Waals surface area contributed by atoms with Crippen LogP contribution in [0.3, 0.4) is 0 Å². The number of ether oxygens (including phenoxy) is 1. The van der Waals surface area contributed by atoms with Crippen molar-refractivity contribution in [2.45, 2.75) is 13.0 Å². The molecule has 4 heteroatoms. The second-order valence-electron chi connectivity index (χ2n) is 5.16. The van der Waals surface area contributed by atoms with Crippen LogP contribution in [0.4, 0.5) is 0 Å². The van der Waals surface area contributed by atoms with E-state index in [1.165, 1.54) is 0 Å². The standard InChI is InChI=1S/C18H17NO3/c19-9-3-6-15-14-5-2-1-4-13(14)11-22-17-8-7-12(18(20)21)10-16(15)17/h1-2,4-8,10H,3,9,11,19H2,(H,20,21)/b15-6-. The van der Waals surface area contributed by atoms with Gasteiger partial charge >= 0.3 is 5.97 Å². The number of rotatable bonds is 3. The summed E-state index contributed by atoms with van der Waals surface area (Å²) in [6.07, 6.45) is 2.78. The molecule has 22 heavy (non-hydrogen) atoms. The zero-order valence-electron chi connectivity index (χ0n) is 12.1. The van der Waals surface area contributed by atoms with E-state index < -0.39 is 5.97 Å². The van der Waals surface area contributed by atoms with Crippen molar-refractivity contribution < 1.29 is 14.6 Å². The largest absolute Gasteiger partial charge is 0.488 e. The molecule has 1 aliphatic rings. The summed E-state index contributed by atoms with van der Waals surface area (Å²) >= 11 is 0. The van der Waals surface area contributed by atoms with Crippen LogP contribution < -0.4 is 10.5 Å². The molecule has 112 valence electrons. The molecule has 0 unspecified atom stereocenters. The van der Waals surface area contributed by atoms with Gasteiger partial charge in [0.2, 0.25) is 0 Å². The monoisotopic (exact) mass is 295 g/mol. The van der Waals surface area contributed by atoms with Crippen molar-refractivity contribution in [2.75, 3.05) is 6.54 Å². The van der Waals surface area contributed by atoms with Gasteiger partial charge in [-0.25, -0.2) is 4.79 Å². The number of carbonyl (C=O) groups is 1. The fraction of sp³-hybridized carbons (Fsp3) is 0.167. The van der Waals surface area contributed by atoms with Gasteiger partial charge in [0.05, 0.1) is 5.56 Å². The highest BCUT2D eigenvalue weighted by molar-refractivity contribution is 5.92. The Morgan fingerprint density at radius 1 is 1.23 bits per heavy atom. The SMILES string of the molecule is NCC/C=C1/c2ccccc2COc2ccc(C(=O)O)cc21. The first-order valence-corrected chi connectivity index (χ1v) is 7.19. The molecule has 0 amide bonds. The lowest BCUT2D eigenvalue weighted by molar-refractivity contribution is 0.0697. The van der Waals surface area contributed by atoms with Crippen LogP contribution in [0.15, 0.2) is 48.5 Å². The third-order valence-corrected chi connectivity index (χ3v) is 3.72. The van der Waals surface area contributed by atoms with E-state index in [9.17, 15) is 9.90 Å². The first kappa shape index (κ1) is 14.4. The number of hydrogen-bond acceptors (Lipinski definition) is 3. The topological polar surface area (TPSA) is 72.5 Å². The lowest BCUT2D eigenvalue weighted by Gasteiger charge is -2.11. The predicted octanol–water partition coefficient (Wildman–Crippen LogP) is 3.06. The van der Waals surface area contributed by atoms with Crippen LogP contribution in [-0.4, -0.2) is 17.6 Å². The molecule has 1 aliphatic heterocycles. The van der Waals surface area contributed by atoms with E-state index >= 15 is 0 Å². The summed E-state index contributed by atoms with van der Waals surface area (Å²) < 4.78 is 5.85. The summed E-state index contributed by atoms with van der Waals surface area (Å²) in [6, 6.07) is 13.0. The number of aromatic carboxylic acids is 1. The van der Waals surface area contributed by atoms with Crippen molar-refractivity contribution in [3.8, 4) is 5.75 Å². The van der Waals surface area contributed by atoms with Crippen molar-refractivity contribution >= 4 is 11.5 Å². The molecule has 0 atom stereocenters. The van der Waals surface area contributed by atoms with E-state index in [4.69, 9.17) is 10.5 Å². The van der Waals surface area contributed by atoms with Crippen LogP contribution >= 0.6 is 0 Å². The molecule has 4 nitrogen and oxygen atoms in total. The Labute approximate surface area is 128 Å². The normalized spacial score (nSPS) is 14.7. The molecule has 3 N–H and O–H groups in total. The van der Waals surface area contributed by atoms with E-state index in [-0.39, 0.29) is 5.56 Å². The molecular formula is C18H17NO3. The third kappa shape index (κ3) is 2.61. The van der Waals surface area contributed by atoms with Crippen LogP contribution in [0.25, 0.3) is 5.57 Å². The Hall–Kier alpha value is -2.59. The van der Waals surface area contributed by atoms with Crippen molar-refractivity contribution in [3.05, 3.63) is 70.8 Å². The van der Waals surface area contributed by atoms with Gasteiger partial charge in [-0.1, -0.05) is 30.3 Å². The molecule has 3 rings (SSSR count). The highest BCUT2D eigenvalue weighted by Gasteiger charge is 2.20. The molecule has 1 heterocycles. The second kappa shape index (κ2) is 6.03. The summed E-state index contributed by atoms with van der Waals surface area (Å²) in [5.74, 6) is -0.247. The second-order valence-corrected chi connectivity index (χ2v) is 5.16. The van der Waals surface area contributed by atoms with E-state index in [2.05, 4.69) is 6.08 Å². The summed E-state index contributed by atoms with van der Waals surface area (Å²) in [5, 5.41) is 9.23. The van der Waals surface area contributed by atoms with Crippen LogP contribution in [0, 0.1) is 0 Å². The van der Waals surface area contributed by atoms with Crippen LogP contribution in [0.1, 0.15) is 33.5 Å². The minimum atomic E-state index is -0.946. The quantitative estimate of drug-likeness (QED) is 0.912. The number of carboxylic acids is 1. The van der Waals surface area contributed by atoms with Gasteiger partial charge in [0.1, 0.15) is 12.4 Å². The van der Waals surface area contributed by atoms with Crippen LogP contribution in [0.5, 0.6) is 5.75 Å². The summed E-state index contributed by atoms with van der Waals surface area (Å²) in [4.78, 5) is 11.3. The first-order valence-electron chi connectivity index (χ1n) is 7.19. The Morgan fingerprint density at radius 2 is 2.05 bits per heavy atom. The van der Waals surface area contributed by atoms with Crippen LogP contribution in [0.2, 0.25) is 0 Å². The molecule has 0 spiro atoms. The number of hydrogen-bond donors (Lipinski definition) is 2. The fourth-order valence-electron chi connectivity index (χ4n) is 2.66. The van der Waals surface area contributed by atoms with Gasteiger partial charge < -0.3 is 15.6 Å². The van der Waals surface area contributed by atoms with Gasteiger partial charge in [-0.15, -0.1) is 0 Å². The average Bonchev–Trinajstić information content (AvgIpc) is 2.69. The number of carboxylic acid groups (broad SMARTS) is 1. The Morgan fingerprint density at radius 3 is 2.82 bits per heavy atom. The van der Waals surface area contributed by atoms with Gasteiger partial charge in [-0.05, 0) is 47.9 Å². The molecule has 0 bridgehead atoms. The maximum absolute atomic E-state index is 11.3. The fourth-order valence-corrected chi connectivity index (χ4v) is 2.66. The predicted molar refractivity (Wildman–Crippen MR) is 84.9 cm³/mol. The Kier molecular flexibility index (Phi) is 3.94. The molecule has 2 aromatic rings. The summed E-state index contributed by atoms with van der Waals surface area (Å²) in [7, 11) is 0. The van der Waals surface area contributed by atoms with Gasteiger partial charge in [-0.2, -0.15) is 0 Å².